The standard InChI is InChI=1S/C15H25NO3/c1-11(2)7-6-8-12(3)9-10-14(15(18)19-5)16-13(4)17/h7,9,14H,6,8,10H2,1-5H3,(H,16,17)/b12-9+/t14-/m0/s1. The minimum Gasteiger partial charge on any atom is -0.467 e. The molecule has 4 heteroatoms. The van der Waals surface area contributed by atoms with Gasteiger partial charge >= 0.3 is 5.97 Å². The van der Waals surface area contributed by atoms with Crippen molar-refractivity contribution in [3.05, 3.63) is 23.3 Å². The number of hydrogen-bond acceptors (Lipinski definition) is 3. The maximum atomic E-state index is 11.5. The Labute approximate surface area is 115 Å². The third-order valence-electron chi connectivity index (χ3n) is 2.66. The van der Waals surface area contributed by atoms with E-state index in [-0.39, 0.29) is 5.91 Å². The number of rotatable bonds is 7. The molecule has 19 heavy (non-hydrogen) atoms. The van der Waals surface area contributed by atoms with Gasteiger partial charge in [-0.05, 0) is 40.0 Å². The number of nitrogens with one attached hydrogen (secondary N) is 1. The van der Waals surface area contributed by atoms with Crippen LogP contribution in [-0.4, -0.2) is 25.0 Å². The summed E-state index contributed by atoms with van der Waals surface area (Å²) in [6.07, 6.45) is 6.58. The normalized spacial score (nSPS) is 12.6. The molecule has 0 aliphatic heterocycles. The van der Waals surface area contributed by atoms with Crippen molar-refractivity contribution in [2.24, 2.45) is 0 Å². The van der Waals surface area contributed by atoms with E-state index in [4.69, 9.17) is 0 Å². The van der Waals surface area contributed by atoms with Crippen LogP contribution in [0.2, 0.25) is 0 Å². The van der Waals surface area contributed by atoms with Gasteiger partial charge in [-0.1, -0.05) is 23.3 Å². The van der Waals surface area contributed by atoms with E-state index in [1.807, 2.05) is 13.0 Å². The first-order valence-corrected chi connectivity index (χ1v) is 6.50. The van der Waals surface area contributed by atoms with E-state index < -0.39 is 12.0 Å². The van der Waals surface area contributed by atoms with E-state index in [0.29, 0.717) is 6.42 Å². The van der Waals surface area contributed by atoms with Gasteiger partial charge < -0.3 is 10.1 Å². The number of ether oxygens (including phenoxy) is 1. The molecular formula is C15H25NO3. The predicted molar refractivity (Wildman–Crippen MR) is 76.7 cm³/mol. The molecule has 108 valence electrons. The smallest absolute Gasteiger partial charge is 0.328 e. The first-order valence-electron chi connectivity index (χ1n) is 6.50. The van der Waals surface area contributed by atoms with Crippen molar-refractivity contribution < 1.29 is 14.3 Å². The largest absolute Gasteiger partial charge is 0.467 e. The van der Waals surface area contributed by atoms with Crippen LogP contribution in [0.1, 0.15) is 47.0 Å². The van der Waals surface area contributed by atoms with Crippen LogP contribution in [0.5, 0.6) is 0 Å². The van der Waals surface area contributed by atoms with Crippen LogP contribution >= 0.6 is 0 Å². The lowest BCUT2D eigenvalue weighted by molar-refractivity contribution is -0.144. The Bertz CT molecular complexity index is 366. The fraction of sp³-hybridized carbons (Fsp3) is 0.600. The second kappa shape index (κ2) is 9.36. The molecule has 0 saturated heterocycles. The van der Waals surface area contributed by atoms with Crippen LogP contribution < -0.4 is 5.32 Å². The molecule has 4 nitrogen and oxygen atoms in total. The second-order valence-corrected chi connectivity index (χ2v) is 4.88. The highest BCUT2D eigenvalue weighted by Crippen LogP contribution is 2.09. The zero-order valence-electron chi connectivity index (χ0n) is 12.6. The molecule has 0 radical (unpaired) electrons. The molecule has 1 N–H and O–H groups in total. The monoisotopic (exact) mass is 267 g/mol. The average Bonchev–Trinajstić information content (AvgIpc) is 2.32. The van der Waals surface area contributed by atoms with Gasteiger partial charge in [-0.25, -0.2) is 4.79 Å². The van der Waals surface area contributed by atoms with Crippen molar-refractivity contribution in [1.29, 1.82) is 0 Å². The summed E-state index contributed by atoms with van der Waals surface area (Å²) >= 11 is 0. The van der Waals surface area contributed by atoms with Crippen LogP contribution in [0.3, 0.4) is 0 Å². The number of hydrogen-bond donors (Lipinski definition) is 1. The predicted octanol–water partition coefficient (Wildman–Crippen LogP) is 2.75. The molecule has 0 bridgehead atoms. The quantitative estimate of drug-likeness (QED) is 0.570. The van der Waals surface area contributed by atoms with Crippen molar-refractivity contribution >= 4 is 11.9 Å². The molecule has 0 aliphatic rings. The topological polar surface area (TPSA) is 55.4 Å². The summed E-state index contributed by atoms with van der Waals surface area (Å²) in [4.78, 5) is 22.5. The van der Waals surface area contributed by atoms with E-state index in [0.717, 1.165) is 12.8 Å². The maximum absolute atomic E-state index is 11.5. The Balaban J connectivity index is 4.38. The van der Waals surface area contributed by atoms with Crippen LogP contribution in [0.4, 0.5) is 0 Å². The molecule has 0 aliphatic carbocycles. The van der Waals surface area contributed by atoms with Gasteiger partial charge in [-0.2, -0.15) is 0 Å². The number of methoxy groups -OCH3 is 1. The lowest BCUT2D eigenvalue weighted by Gasteiger charge is -2.13. The van der Waals surface area contributed by atoms with E-state index >= 15 is 0 Å². The zero-order chi connectivity index (χ0) is 14.8. The Kier molecular flexibility index (Phi) is 8.58. The second-order valence-electron chi connectivity index (χ2n) is 4.88. The number of carbonyl (C=O) groups is 2. The molecule has 0 aromatic rings. The Hall–Kier alpha value is -1.58. The summed E-state index contributed by atoms with van der Waals surface area (Å²) in [5.74, 6) is -0.644. The van der Waals surface area contributed by atoms with Crippen molar-refractivity contribution in [3.63, 3.8) is 0 Å². The van der Waals surface area contributed by atoms with E-state index in [9.17, 15) is 9.59 Å². The third-order valence-corrected chi connectivity index (χ3v) is 2.66. The number of allylic oxidation sites excluding steroid dienone is 3. The molecule has 0 aromatic heterocycles. The van der Waals surface area contributed by atoms with Gasteiger partial charge in [0.15, 0.2) is 0 Å². The van der Waals surface area contributed by atoms with Crippen LogP contribution in [0, 0.1) is 0 Å². The lowest BCUT2D eigenvalue weighted by Crippen LogP contribution is -2.40. The van der Waals surface area contributed by atoms with Crippen molar-refractivity contribution in [2.75, 3.05) is 7.11 Å². The van der Waals surface area contributed by atoms with Gasteiger partial charge in [0.1, 0.15) is 6.04 Å². The SMILES string of the molecule is COC(=O)[C@H](C/C=C(\C)CCC=C(C)C)NC(C)=O. The number of carbonyl (C=O) groups excluding carboxylic acids is 2. The molecule has 0 rings (SSSR count). The Morgan fingerprint density at radius 1 is 1.16 bits per heavy atom. The summed E-state index contributed by atoms with van der Waals surface area (Å²) in [5, 5.41) is 2.59. The lowest BCUT2D eigenvalue weighted by atomic mass is 10.1. The van der Waals surface area contributed by atoms with Gasteiger partial charge in [-0.15, -0.1) is 0 Å². The van der Waals surface area contributed by atoms with Gasteiger partial charge in [0.2, 0.25) is 5.91 Å². The van der Waals surface area contributed by atoms with Crippen LogP contribution in [-0.2, 0) is 14.3 Å². The minimum atomic E-state index is -0.596. The molecule has 1 atom stereocenters. The third kappa shape index (κ3) is 9.05. The van der Waals surface area contributed by atoms with Gasteiger partial charge in [0, 0.05) is 6.92 Å². The fourth-order valence-corrected chi connectivity index (χ4v) is 1.61. The molecular weight excluding hydrogens is 242 g/mol. The van der Waals surface area contributed by atoms with Gasteiger partial charge in [0.25, 0.3) is 0 Å². The molecule has 0 heterocycles. The highest BCUT2D eigenvalue weighted by Gasteiger charge is 2.18. The van der Waals surface area contributed by atoms with Crippen molar-refractivity contribution in [3.8, 4) is 0 Å². The zero-order valence-corrected chi connectivity index (χ0v) is 12.6. The van der Waals surface area contributed by atoms with Crippen LogP contribution in [0.15, 0.2) is 23.3 Å². The minimum absolute atomic E-state index is 0.231. The number of amides is 1. The first-order chi connectivity index (χ1) is 8.86. The van der Waals surface area contributed by atoms with Crippen molar-refractivity contribution in [2.45, 2.75) is 53.0 Å². The summed E-state index contributed by atoms with van der Waals surface area (Å²) < 4.78 is 4.67. The molecule has 0 spiro atoms. The number of esters is 1. The summed E-state index contributed by atoms with van der Waals surface area (Å²) in [5.41, 5.74) is 2.51. The highest BCUT2D eigenvalue weighted by molar-refractivity contribution is 5.83. The van der Waals surface area contributed by atoms with Crippen LogP contribution in [0.25, 0.3) is 0 Å². The van der Waals surface area contributed by atoms with Gasteiger partial charge in [0.05, 0.1) is 7.11 Å². The van der Waals surface area contributed by atoms with Crippen molar-refractivity contribution in [1.82, 2.24) is 5.32 Å². The van der Waals surface area contributed by atoms with E-state index in [1.165, 1.54) is 25.2 Å². The first kappa shape index (κ1) is 17.4. The molecule has 0 aromatic carbocycles. The van der Waals surface area contributed by atoms with E-state index in [1.54, 1.807) is 0 Å². The molecule has 0 unspecified atom stereocenters. The fourth-order valence-electron chi connectivity index (χ4n) is 1.61. The summed E-state index contributed by atoms with van der Waals surface area (Å²) in [6.45, 7) is 7.56. The molecule has 1 amide bonds. The Morgan fingerprint density at radius 2 is 1.79 bits per heavy atom. The summed E-state index contributed by atoms with van der Waals surface area (Å²) in [6, 6.07) is -0.596. The summed E-state index contributed by atoms with van der Waals surface area (Å²) in [7, 11) is 1.32. The average molecular weight is 267 g/mol. The van der Waals surface area contributed by atoms with Gasteiger partial charge in [-0.3, -0.25) is 4.79 Å². The highest BCUT2D eigenvalue weighted by atomic mass is 16.5. The Morgan fingerprint density at radius 3 is 2.26 bits per heavy atom. The van der Waals surface area contributed by atoms with E-state index in [2.05, 4.69) is 30.0 Å². The molecule has 0 saturated carbocycles. The molecule has 0 fully saturated rings. The maximum Gasteiger partial charge on any atom is 0.328 e.